The van der Waals surface area contributed by atoms with Crippen molar-refractivity contribution in [1.82, 2.24) is 5.01 Å². The Bertz CT molecular complexity index is 226. The van der Waals surface area contributed by atoms with E-state index < -0.39 is 8.07 Å². The van der Waals surface area contributed by atoms with E-state index in [-0.39, 0.29) is 0 Å². The summed E-state index contributed by atoms with van der Waals surface area (Å²) in [6.07, 6.45) is 3.42. The zero-order valence-corrected chi connectivity index (χ0v) is 12.4. The lowest BCUT2D eigenvalue weighted by molar-refractivity contribution is 0.0620. The van der Waals surface area contributed by atoms with Gasteiger partial charge in [0.15, 0.2) is 0 Å². The summed E-state index contributed by atoms with van der Waals surface area (Å²) < 4.78 is 6.30. The van der Waals surface area contributed by atoms with Gasteiger partial charge in [0.2, 0.25) is 0 Å². The number of allylic oxidation sites excluding steroid dienone is 2. The minimum Gasteiger partial charge on any atom is -0.360 e. The van der Waals surface area contributed by atoms with Crippen molar-refractivity contribution in [3.8, 4) is 0 Å². The van der Waals surface area contributed by atoms with Crippen LogP contribution in [0.15, 0.2) is 23.3 Å². The molecule has 0 amide bonds. The van der Waals surface area contributed by atoms with Crippen molar-refractivity contribution in [2.75, 3.05) is 13.3 Å². The fraction of sp³-hybridized carbons (Fsp3) is 0.600. The van der Waals surface area contributed by atoms with Crippen LogP contribution in [-0.4, -0.2) is 26.4 Å². The van der Waals surface area contributed by atoms with Crippen LogP contribution >= 0.6 is 15.9 Å². The van der Waals surface area contributed by atoms with Crippen LogP contribution in [0.5, 0.6) is 0 Å². The molecule has 0 aromatic heterocycles. The summed E-state index contributed by atoms with van der Waals surface area (Å²) in [6.45, 7) is 11.8. The maximum Gasteiger partial charge on any atom is 0.132 e. The fourth-order valence-electron chi connectivity index (χ4n) is 0.797. The third-order valence-corrected chi connectivity index (χ3v) is 3.95. The molecule has 0 bridgehead atoms. The number of rotatable bonds is 7. The van der Waals surface area contributed by atoms with Gasteiger partial charge in [0, 0.05) is 25.4 Å². The van der Waals surface area contributed by atoms with Gasteiger partial charge in [-0.3, -0.25) is 5.01 Å². The zero-order chi connectivity index (χ0) is 11.9. The van der Waals surface area contributed by atoms with Crippen LogP contribution in [0.1, 0.15) is 0 Å². The van der Waals surface area contributed by atoms with Crippen molar-refractivity contribution in [2.45, 2.75) is 25.7 Å². The molecule has 0 aliphatic carbocycles. The predicted octanol–water partition coefficient (Wildman–Crippen LogP) is 2.90. The third-order valence-electron chi connectivity index (χ3n) is 1.72. The summed E-state index contributed by atoms with van der Waals surface area (Å²) in [5, 5.41) is 1.50. The number of hydrogen-bond acceptors (Lipinski definition) is 3. The lowest BCUT2D eigenvalue weighted by Gasteiger charge is -2.18. The Labute approximate surface area is 102 Å². The van der Waals surface area contributed by atoms with Gasteiger partial charge in [-0.2, -0.15) is 0 Å². The molecule has 0 unspecified atom stereocenters. The molecule has 88 valence electrons. The van der Waals surface area contributed by atoms with E-state index in [0.29, 0.717) is 6.73 Å². The Morgan fingerprint density at radius 2 is 2.13 bits per heavy atom. The van der Waals surface area contributed by atoms with Gasteiger partial charge in [-0.1, -0.05) is 32.3 Å². The van der Waals surface area contributed by atoms with Crippen molar-refractivity contribution < 1.29 is 4.74 Å². The van der Waals surface area contributed by atoms with E-state index in [4.69, 9.17) is 10.6 Å². The Balaban J connectivity index is 3.65. The number of nitrogens with two attached hydrogens (primary N) is 1. The molecule has 5 heteroatoms. The first-order chi connectivity index (χ1) is 6.85. The molecule has 0 saturated carbocycles. The molecule has 0 radical (unpaired) electrons. The van der Waals surface area contributed by atoms with Crippen molar-refractivity contribution in [1.29, 1.82) is 0 Å². The fourth-order valence-corrected chi connectivity index (χ4v) is 1.82. The molecule has 0 fully saturated rings. The van der Waals surface area contributed by atoms with Crippen LogP contribution in [0.2, 0.25) is 25.7 Å². The number of nitrogens with zero attached hydrogens (tertiary/aromatic N) is 1. The average molecular weight is 293 g/mol. The van der Waals surface area contributed by atoms with Gasteiger partial charge in [-0.05, 0) is 22.0 Å². The average Bonchev–Trinajstić information content (AvgIpc) is 2.11. The molecule has 15 heavy (non-hydrogen) atoms. The Morgan fingerprint density at radius 1 is 1.53 bits per heavy atom. The van der Waals surface area contributed by atoms with Crippen molar-refractivity contribution in [3.05, 3.63) is 23.3 Å². The normalized spacial score (nSPS) is 12.7. The minimum absolute atomic E-state index is 0.410. The SMILES string of the molecule is C=C/C(Br)=C\N(N)COCC[Si](C)(C)C. The van der Waals surface area contributed by atoms with E-state index in [9.17, 15) is 0 Å². The van der Waals surface area contributed by atoms with Gasteiger partial charge < -0.3 is 4.74 Å². The van der Waals surface area contributed by atoms with E-state index in [1.807, 2.05) is 0 Å². The minimum atomic E-state index is -0.993. The zero-order valence-electron chi connectivity index (χ0n) is 9.79. The van der Waals surface area contributed by atoms with Gasteiger partial charge in [0.1, 0.15) is 6.73 Å². The molecule has 0 aromatic rings. The lowest BCUT2D eigenvalue weighted by atomic mass is 10.6. The number of hydrogen-bond donors (Lipinski definition) is 1. The number of ether oxygens (including phenoxy) is 1. The van der Waals surface area contributed by atoms with Gasteiger partial charge >= 0.3 is 0 Å². The highest BCUT2D eigenvalue weighted by molar-refractivity contribution is 9.11. The van der Waals surface area contributed by atoms with Crippen LogP contribution in [0.25, 0.3) is 0 Å². The van der Waals surface area contributed by atoms with Crippen LogP contribution in [0.4, 0.5) is 0 Å². The van der Waals surface area contributed by atoms with Gasteiger partial charge in [-0.15, -0.1) is 0 Å². The van der Waals surface area contributed by atoms with Crippen molar-refractivity contribution >= 4 is 24.0 Å². The van der Waals surface area contributed by atoms with E-state index in [0.717, 1.165) is 17.1 Å². The summed E-state index contributed by atoms with van der Waals surface area (Å²) in [6, 6.07) is 1.16. The highest BCUT2D eigenvalue weighted by Crippen LogP contribution is 2.08. The summed E-state index contributed by atoms with van der Waals surface area (Å²) in [5.41, 5.74) is 0. The van der Waals surface area contributed by atoms with E-state index >= 15 is 0 Å². The second-order valence-electron chi connectivity index (χ2n) is 4.58. The first-order valence-corrected chi connectivity index (χ1v) is 9.44. The van der Waals surface area contributed by atoms with Gasteiger partial charge in [0.05, 0.1) is 0 Å². The third kappa shape index (κ3) is 10.2. The molecule has 0 heterocycles. The largest absolute Gasteiger partial charge is 0.360 e. The molecule has 0 aliphatic heterocycles. The molecule has 0 spiro atoms. The van der Waals surface area contributed by atoms with Crippen LogP contribution < -0.4 is 5.84 Å². The molecular formula is C10H21BrN2OSi. The Kier molecular flexibility index (Phi) is 7.17. The molecule has 2 N–H and O–H groups in total. The first kappa shape index (κ1) is 14.9. The van der Waals surface area contributed by atoms with Crippen LogP contribution in [0.3, 0.4) is 0 Å². The quantitative estimate of drug-likeness (QED) is 0.196. The molecule has 0 aliphatic rings. The topological polar surface area (TPSA) is 38.5 Å². The Hall–Kier alpha value is -0.103. The maximum absolute atomic E-state index is 5.67. The molecule has 0 rings (SSSR count). The van der Waals surface area contributed by atoms with Crippen molar-refractivity contribution in [3.63, 3.8) is 0 Å². The molecule has 0 atom stereocenters. The predicted molar refractivity (Wildman–Crippen MR) is 72.2 cm³/mol. The first-order valence-electron chi connectivity index (χ1n) is 4.94. The molecule has 0 aromatic carbocycles. The molecular weight excluding hydrogens is 272 g/mol. The highest BCUT2D eigenvalue weighted by atomic mass is 79.9. The summed E-state index contributed by atoms with van der Waals surface area (Å²) in [7, 11) is -0.993. The van der Waals surface area contributed by atoms with Gasteiger partial charge in [-0.25, -0.2) is 5.84 Å². The van der Waals surface area contributed by atoms with Gasteiger partial charge in [0.25, 0.3) is 0 Å². The smallest absolute Gasteiger partial charge is 0.132 e. The second-order valence-corrected chi connectivity index (χ2v) is 11.1. The number of hydrazine groups is 1. The molecule has 0 saturated heterocycles. The van der Waals surface area contributed by atoms with E-state index in [1.54, 1.807) is 12.3 Å². The Morgan fingerprint density at radius 3 is 2.60 bits per heavy atom. The highest BCUT2D eigenvalue weighted by Gasteiger charge is 2.11. The molecule has 3 nitrogen and oxygen atoms in total. The second kappa shape index (κ2) is 7.22. The maximum atomic E-state index is 5.67. The summed E-state index contributed by atoms with van der Waals surface area (Å²) in [4.78, 5) is 0. The van der Waals surface area contributed by atoms with Crippen molar-refractivity contribution in [2.24, 2.45) is 5.84 Å². The van der Waals surface area contributed by atoms with E-state index in [2.05, 4.69) is 42.1 Å². The van der Waals surface area contributed by atoms with Crippen LogP contribution in [-0.2, 0) is 4.74 Å². The van der Waals surface area contributed by atoms with E-state index in [1.165, 1.54) is 5.01 Å². The number of halogens is 1. The summed E-state index contributed by atoms with van der Waals surface area (Å²) in [5.74, 6) is 5.67. The standard InChI is InChI=1S/C10H21BrN2OSi/c1-5-10(11)8-13(12)9-14-6-7-15(2,3)4/h5,8H,1,6-7,9,12H2,2-4H3/b10-8+. The van der Waals surface area contributed by atoms with Crippen LogP contribution in [0, 0.1) is 0 Å². The monoisotopic (exact) mass is 292 g/mol. The lowest BCUT2D eigenvalue weighted by Crippen LogP contribution is -2.29. The summed E-state index contributed by atoms with van der Waals surface area (Å²) >= 11 is 3.29.